The summed E-state index contributed by atoms with van der Waals surface area (Å²) in [4.78, 5) is 0. The SMILES string of the molecule is C=C1O/C(=C/O)[C@@H](O)C1CCC. The van der Waals surface area contributed by atoms with Crippen molar-refractivity contribution in [2.75, 3.05) is 0 Å². The summed E-state index contributed by atoms with van der Waals surface area (Å²) in [5.74, 6) is 0.691. The van der Waals surface area contributed by atoms with E-state index in [0.717, 1.165) is 19.1 Å². The van der Waals surface area contributed by atoms with Crippen LogP contribution in [0.15, 0.2) is 24.4 Å². The smallest absolute Gasteiger partial charge is 0.167 e. The zero-order valence-electron chi connectivity index (χ0n) is 7.16. The number of aliphatic hydroxyl groups is 2. The van der Waals surface area contributed by atoms with Gasteiger partial charge in [-0.15, -0.1) is 0 Å². The second-order valence-electron chi connectivity index (χ2n) is 2.94. The molecule has 12 heavy (non-hydrogen) atoms. The van der Waals surface area contributed by atoms with Crippen molar-refractivity contribution in [1.29, 1.82) is 0 Å². The first-order chi connectivity index (χ1) is 5.70. The summed E-state index contributed by atoms with van der Waals surface area (Å²) in [5.41, 5.74) is 0. The van der Waals surface area contributed by atoms with Crippen molar-refractivity contribution in [3.63, 3.8) is 0 Å². The lowest BCUT2D eigenvalue weighted by Crippen LogP contribution is -2.15. The van der Waals surface area contributed by atoms with Crippen LogP contribution in [-0.2, 0) is 4.74 Å². The molecule has 0 aromatic rings. The highest BCUT2D eigenvalue weighted by molar-refractivity contribution is 5.16. The van der Waals surface area contributed by atoms with E-state index in [9.17, 15) is 5.11 Å². The Labute approximate surface area is 72.0 Å². The number of rotatable bonds is 2. The molecule has 1 aliphatic rings. The maximum absolute atomic E-state index is 9.54. The summed E-state index contributed by atoms with van der Waals surface area (Å²) >= 11 is 0. The first kappa shape index (κ1) is 9.13. The molecular formula is C9H14O3. The minimum Gasteiger partial charge on any atom is -0.512 e. The predicted octanol–water partition coefficient (Wildman–Crippen LogP) is 1.71. The monoisotopic (exact) mass is 170 g/mol. The Morgan fingerprint density at radius 3 is 2.75 bits per heavy atom. The quantitative estimate of drug-likeness (QED) is 0.620. The molecule has 0 aromatic heterocycles. The Bertz CT molecular complexity index is 208. The summed E-state index contributed by atoms with van der Waals surface area (Å²) in [6, 6.07) is 0. The zero-order valence-corrected chi connectivity index (χ0v) is 7.16. The maximum atomic E-state index is 9.54. The Morgan fingerprint density at radius 2 is 2.33 bits per heavy atom. The Balaban J connectivity index is 2.70. The van der Waals surface area contributed by atoms with Crippen LogP contribution in [0.2, 0.25) is 0 Å². The van der Waals surface area contributed by atoms with Crippen molar-refractivity contribution in [3.05, 3.63) is 24.4 Å². The van der Waals surface area contributed by atoms with Gasteiger partial charge in [-0.1, -0.05) is 19.9 Å². The minimum atomic E-state index is -0.720. The molecule has 1 unspecified atom stereocenters. The van der Waals surface area contributed by atoms with Crippen molar-refractivity contribution in [3.8, 4) is 0 Å². The van der Waals surface area contributed by atoms with E-state index >= 15 is 0 Å². The molecule has 0 radical (unpaired) electrons. The summed E-state index contributed by atoms with van der Waals surface area (Å²) < 4.78 is 5.05. The largest absolute Gasteiger partial charge is 0.512 e. The zero-order chi connectivity index (χ0) is 9.14. The fraction of sp³-hybridized carbons (Fsp3) is 0.556. The Morgan fingerprint density at radius 1 is 1.67 bits per heavy atom. The molecule has 2 N–H and O–H groups in total. The van der Waals surface area contributed by atoms with Crippen LogP contribution in [0.3, 0.4) is 0 Å². The highest BCUT2D eigenvalue weighted by atomic mass is 16.5. The molecule has 68 valence electrons. The third-order valence-electron chi connectivity index (χ3n) is 2.06. The second-order valence-corrected chi connectivity index (χ2v) is 2.94. The first-order valence-corrected chi connectivity index (χ1v) is 4.09. The van der Waals surface area contributed by atoms with Gasteiger partial charge in [0.2, 0.25) is 0 Å². The molecular weight excluding hydrogens is 156 g/mol. The Hall–Kier alpha value is -0.960. The van der Waals surface area contributed by atoms with E-state index in [1.54, 1.807) is 0 Å². The second kappa shape index (κ2) is 3.63. The minimum absolute atomic E-state index is 0.0617. The molecule has 0 bridgehead atoms. The molecule has 1 saturated heterocycles. The third-order valence-corrected chi connectivity index (χ3v) is 2.06. The van der Waals surface area contributed by atoms with Gasteiger partial charge in [0.15, 0.2) is 5.76 Å². The molecule has 0 amide bonds. The van der Waals surface area contributed by atoms with Crippen molar-refractivity contribution < 1.29 is 14.9 Å². The standard InChI is InChI=1S/C9H14O3/c1-3-4-7-6(2)12-8(5-10)9(7)11/h5,7,9-11H,2-4H2,1H3/b8-5+/t7?,9-/m0/s1. The molecule has 1 aliphatic heterocycles. The summed E-state index contributed by atoms with van der Waals surface area (Å²) in [5, 5.41) is 18.2. The van der Waals surface area contributed by atoms with Crippen LogP contribution in [0.5, 0.6) is 0 Å². The highest BCUT2D eigenvalue weighted by Crippen LogP contribution is 2.34. The van der Waals surface area contributed by atoms with Gasteiger partial charge in [0.05, 0.1) is 0 Å². The predicted molar refractivity (Wildman–Crippen MR) is 45.3 cm³/mol. The van der Waals surface area contributed by atoms with E-state index in [4.69, 9.17) is 9.84 Å². The highest BCUT2D eigenvalue weighted by Gasteiger charge is 2.34. The molecule has 2 atom stereocenters. The lowest BCUT2D eigenvalue weighted by Gasteiger charge is -2.09. The van der Waals surface area contributed by atoms with Gasteiger partial charge < -0.3 is 14.9 Å². The van der Waals surface area contributed by atoms with Gasteiger partial charge in [-0.05, 0) is 6.42 Å². The topological polar surface area (TPSA) is 49.7 Å². The molecule has 3 heteroatoms. The fourth-order valence-corrected chi connectivity index (χ4v) is 1.39. The molecule has 0 aromatic carbocycles. The van der Waals surface area contributed by atoms with Crippen molar-refractivity contribution in [2.24, 2.45) is 5.92 Å². The number of aliphatic hydroxyl groups excluding tert-OH is 2. The number of hydrogen-bond donors (Lipinski definition) is 2. The van der Waals surface area contributed by atoms with Crippen LogP contribution in [0.25, 0.3) is 0 Å². The maximum Gasteiger partial charge on any atom is 0.167 e. The number of hydrogen-bond acceptors (Lipinski definition) is 3. The summed E-state index contributed by atoms with van der Waals surface area (Å²) in [6.07, 6.45) is 1.87. The van der Waals surface area contributed by atoms with Gasteiger partial charge in [-0.3, -0.25) is 0 Å². The molecule has 1 rings (SSSR count). The van der Waals surface area contributed by atoms with Gasteiger partial charge >= 0.3 is 0 Å². The van der Waals surface area contributed by atoms with Crippen molar-refractivity contribution in [2.45, 2.75) is 25.9 Å². The van der Waals surface area contributed by atoms with Crippen LogP contribution in [-0.4, -0.2) is 16.3 Å². The lowest BCUT2D eigenvalue weighted by molar-refractivity contribution is 0.157. The van der Waals surface area contributed by atoms with Gasteiger partial charge in [-0.25, -0.2) is 0 Å². The van der Waals surface area contributed by atoms with Crippen LogP contribution >= 0.6 is 0 Å². The average molecular weight is 170 g/mol. The van der Waals surface area contributed by atoms with Crippen LogP contribution < -0.4 is 0 Å². The summed E-state index contributed by atoms with van der Waals surface area (Å²) in [7, 11) is 0. The van der Waals surface area contributed by atoms with Crippen LogP contribution in [0.4, 0.5) is 0 Å². The number of ether oxygens (including phenoxy) is 1. The first-order valence-electron chi connectivity index (χ1n) is 4.09. The normalized spacial score (nSPS) is 32.5. The fourth-order valence-electron chi connectivity index (χ4n) is 1.39. The Kier molecular flexibility index (Phi) is 2.76. The molecule has 3 nitrogen and oxygen atoms in total. The molecule has 0 saturated carbocycles. The third kappa shape index (κ3) is 1.46. The van der Waals surface area contributed by atoms with E-state index in [0.29, 0.717) is 5.76 Å². The van der Waals surface area contributed by atoms with E-state index < -0.39 is 6.10 Å². The van der Waals surface area contributed by atoms with E-state index in [2.05, 4.69) is 6.58 Å². The lowest BCUT2D eigenvalue weighted by atomic mass is 9.97. The van der Waals surface area contributed by atoms with Gasteiger partial charge in [-0.2, -0.15) is 0 Å². The summed E-state index contributed by atoms with van der Waals surface area (Å²) in [6.45, 7) is 5.70. The average Bonchev–Trinajstić information content (AvgIpc) is 2.32. The van der Waals surface area contributed by atoms with E-state index in [1.165, 1.54) is 0 Å². The van der Waals surface area contributed by atoms with E-state index in [-0.39, 0.29) is 11.7 Å². The van der Waals surface area contributed by atoms with Gasteiger partial charge in [0, 0.05) is 5.92 Å². The van der Waals surface area contributed by atoms with E-state index in [1.807, 2.05) is 6.92 Å². The van der Waals surface area contributed by atoms with Gasteiger partial charge in [0.25, 0.3) is 0 Å². The van der Waals surface area contributed by atoms with Crippen LogP contribution in [0.1, 0.15) is 19.8 Å². The van der Waals surface area contributed by atoms with Gasteiger partial charge in [0.1, 0.15) is 18.1 Å². The van der Waals surface area contributed by atoms with Crippen LogP contribution in [0, 0.1) is 5.92 Å². The van der Waals surface area contributed by atoms with Crippen molar-refractivity contribution >= 4 is 0 Å². The molecule has 1 fully saturated rings. The van der Waals surface area contributed by atoms with Crippen molar-refractivity contribution in [1.82, 2.24) is 0 Å². The molecule has 0 aliphatic carbocycles. The molecule has 1 heterocycles. The molecule has 0 spiro atoms.